The normalized spacial score (nSPS) is 11.6. The number of primary sulfonamides is 1. The summed E-state index contributed by atoms with van der Waals surface area (Å²) in [6.45, 7) is 3.15. The van der Waals surface area contributed by atoms with Crippen LogP contribution in [0, 0.1) is 5.82 Å². The fourth-order valence-electron chi connectivity index (χ4n) is 1.81. The van der Waals surface area contributed by atoms with Crippen LogP contribution in [0.15, 0.2) is 23.1 Å². The van der Waals surface area contributed by atoms with E-state index < -0.39 is 57.4 Å². The lowest BCUT2D eigenvalue weighted by Crippen LogP contribution is -2.43. The predicted octanol–water partition coefficient (Wildman–Crippen LogP) is 0.733. The van der Waals surface area contributed by atoms with Crippen molar-refractivity contribution in [3.63, 3.8) is 0 Å². The number of rotatable bonds is 6. The van der Waals surface area contributed by atoms with Crippen molar-refractivity contribution in [1.29, 1.82) is 0 Å². The number of halogens is 1. The van der Waals surface area contributed by atoms with Gasteiger partial charge in [0.05, 0.1) is 10.6 Å². The highest BCUT2D eigenvalue weighted by Gasteiger charge is 2.26. The van der Waals surface area contributed by atoms with Crippen molar-refractivity contribution in [2.75, 3.05) is 18.4 Å². The Labute approximate surface area is 155 Å². The molecular formula is C15H20FN3O7S. The third kappa shape index (κ3) is 7.58. The van der Waals surface area contributed by atoms with Gasteiger partial charge >= 0.3 is 12.1 Å². The van der Waals surface area contributed by atoms with Crippen LogP contribution in [0.1, 0.15) is 20.8 Å². The largest absolute Gasteiger partial charge is 0.480 e. The molecule has 0 heterocycles. The highest BCUT2D eigenvalue weighted by atomic mass is 32.2. The van der Waals surface area contributed by atoms with Crippen LogP contribution in [-0.2, 0) is 24.3 Å². The van der Waals surface area contributed by atoms with Crippen LogP contribution < -0.4 is 10.5 Å². The Hall–Kier alpha value is -2.73. The number of hydrogen-bond donors (Lipinski definition) is 3. The van der Waals surface area contributed by atoms with Crippen LogP contribution in [0.4, 0.5) is 14.9 Å². The number of benzene rings is 1. The van der Waals surface area contributed by atoms with Gasteiger partial charge in [0.25, 0.3) is 0 Å². The van der Waals surface area contributed by atoms with Gasteiger partial charge in [0.2, 0.25) is 15.9 Å². The molecule has 2 amide bonds. The summed E-state index contributed by atoms with van der Waals surface area (Å²) < 4.78 is 41.3. The van der Waals surface area contributed by atoms with Crippen molar-refractivity contribution in [3.8, 4) is 0 Å². The number of aliphatic carboxylic acids is 1. The molecule has 0 aromatic heterocycles. The molecule has 0 aliphatic heterocycles. The van der Waals surface area contributed by atoms with E-state index in [9.17, 15) is 27.2 Å². The molecule has 0 spiro atoms. The number of sulfonamides is 1. The van der Waals surface area contributed by atoms with Gasteiger partial charge in [0.15, 0.2) is 0 Å². The molecule has 10 nitrogen and oxygen atoms in total. The number of carboxylic acid groups (broad SMARTS) is 1. The SMILES string of the molecule is CC(C)(C)OC(=O)N(CC(=O)O)CC(=O)Nc1ccc(S(N)(=O)=O)cc1F. The van der Waals surface area contributed by atoms with E-state index in [1.807, 2.05) is 0 Å². The van der Waals surface area contributed by atoms with E-state index in [1.165, 1.54) is 0 Å². The number of nitrogens with two attached hydrogens (primary N) is 1. The number of amides is 2. The molecule has 0 aliphatic rings. The van der Waals surface area contributed by atoms with Crippen molar-refractivity contribution in [3.05, 3.63) is 24.0 Å². The van der Waals surface area contributed by atoms with Gasteiger partial charge < -0.3 is 15.2 Å². The molecule has 0 bridgehead atoms. The minimum absolute atomic E-state index is 0.369. The lowest BCUT2D eigenvalue weighted by Gasteiger charge is -2.26. The Morgan fingerprint density at radius 1 is 1.26 bits per heavy atom. The average molecular weight is 405 g/mol. The van der Waals surface area contributed by atoms with E-state index >= 15 is 0 Å². The van der Waals surface area contributed by atoms with Crippen LogP contribution in [0.25, 0.3) is 0 Å². The first-order valence-electron chi connectivity index (χ1n) is 7.51. The summed E-state index contributed by atoms with van der Waals surface area (Å²) in [5.41, 5.74) is -1.29. The molecule has 0 radical (unpaired) electrons. The Bertz CT molecular complexity index is 849. The maximum absolute atomic E-state index is 13.9. The highest BCUT2D eigenvalue weighted by Crippen LogP contribution is 2.18. The number of anilines is 1. The first-order valence-corrected chi connectivity index (χ1v) is 9.05. The van der Waals surface area contributed by atoms with Crippen molar-refractivity contribution < 1.29 is 37.0 Å². The summed E-state index contributed by atoms with van der Waals surface area (Å²) in [6, 6.07) is 2.58. The van der Waals surface area contributed by atoms with Crippen molar-refractivity contribution >= 4 is 33.7 Å². The molecule has 1 aromatic carbocycles. The fraction of sp³-hybridized carbons (Fsp3) is 0.400. The zero-order valence-electron chi connectivity index (χ0n) is 14.9. The first-order chi connectivity index (χ1) is 12.2. The number of hydrogen-bond acceptors (Lipinski definition) is 6. The molecule has 1 rings (SSSR count). The zero-order valence-corrected chi connectivity index (χ0v) is 15.7. The second-order valence-corrected chi connectivity index (χ2v) is 8.03. The van der Waals surface area contributed by atoms with Gasteiger partial charge in [0.1, 0.15) is 24.5 Å². The zero-order chi connectivity index (χ0) is 21.0. The third-order valence-electron chi connectivity index (χ3n) is 2.86. The minimum atomic E-state index is -4.12. The molecule has 12 heteroatoms. The summed E-state index contributed by atoms with van der Waals surface area (Å²) >= 11 is 0. The number of nitrogens with one attached hydrogen (secondary N) is 1. The highest BCUT2D eigenvalue weighted by molar-refractivity contribution is 7.89. The second-order valence-electron chi connectivity index (χ2n) is 6.46. The van der Waals surface area contributed by atoms with Gasteiger partial charge in [0, 0.05) is 0 Å². The summed E-state index contributed by atoms with van der Waals surface area (Å²) in [5.74, 6) is -3.36. The van der Waals surface area contributed by atoms with Crippen LogP contribution in [0.3, 0.4) is 0 Å². The van der Waals surface area contributed by atoms with E-state index in [-0.39, 0.29) is 5.69 Å². The Morgan fingerprint density at radius 3 is 2.30 bits per heavy atom. The Kier molecular flexibility index (Phi) is 6.87. The first kappa shape index (κ1) is 22.3. The lowest BCUT2D eigenvalue weighted by atomic mass is 10.2. The topological polar surface area (TPSA) is 156 Å². The fourth-order valence-corrected chi connectivity index (χ4v) is 2.34. The number of ether oxygens (including phenoxy) is 1. The quantitative estimate of drug-likeness (QED) is 0.630. The van der Waals surface area contributed by atoms with Gasteiger partial charge in [-0.3, -0.25) is 14.5 Å². The molecule has 0 aliphatic carbocycles. The van der Waals surface area contributed by atoms with Crippen LogP contribution in [-0.4, -0.2) is 55.1 Å². The van der Waals surface area contributed by atoms with E-state index in [0.29, 0.717) is 11.0 Å². The van der Waals surface area contributed by atoms with Gasteiger partial charge in [-0.15, -0.1) is 0 Å². The summed E-state index contributed by atoms with van der Waals surface area (Å²) in [4.78, 5) is 35.1. The summed E-state index contributed by atoms with van der Waals surface area (Å²) in [5, 5.41) is 15.9. The molecule has 0 saturated carbocycles. The Morgan fingerprint density at radius 2 is 1.85 bits per heavy atom. The molecule has 0 unspecified atom stereocenters. The molecule has 0 saturated heterocycles. The van der Waals surface area contributed by atoms with Gasteiger partial charge in [-0.25, -0.2) is 22.7 Å². The standard InChI is InChI=1S/C15H20FN3O7S/c1-15(2,3)26-14(23)19(8-13(21)22)7-12(20)18-11-5-4-9(6-10(11)16)27(17,24)25/h4-6H,7-8H2,1-3H3,(H,18,20)(H,21,22)(H2,17,24,25). The number of carboxylic acids is 1. The van der Waals surface area contributed by atoms with Crippen molar-refractivity contribution in [2.45, 2.75) is 31.3 Å². The van der Waals surface area contributed by atoms with Crippen molar-refractivity contribution in [2.24, 2.45) is 5.14 Å². The van der Waals surface area contributed by atoms with E-state index in [2.05, 4.69) is 5.32 Å². The third-order valence-corrected chi connectivity index (χ3v) is 3.77. The van der Waals surface area contributed by atoms with E-state index in [0.717, 1.165) is 12.1 Å². The van der Waals surface area contributed by atoms with Gasteiger partial charge in [-0.2, -0.15) is 0 Å². The van der Waals surface area contributed by atoms with E-state index in [4.69, 9.17) is 15.0 Å². The van der Waals surface area contributed by atoms with Gasteiger partial charge in [-0.1, -0.05) is 0 Å². The number of carbonyl (C=O) groups excluding carboxylic acids is 2. The lowest BCUT2D eigenvalue weighted by molar-refractivity contribution is -0.138. The van der Waals surface area contributed by atoms with Crippen LogP contribution in [0.2, 0.25) is 0 Å². The maximum Gasteiger partial charge on any atom is 0.411 e. The molecular weight excluding hydrogens is 385 g/mol. The van der Waals surface area contributed by atoms with E-state index in [1.54, 1.807) is 20.8 Å². The maximum atomic E-state index is 13.9. The molecule has 1 aromatic rings. The van der Waals surface area contributed by atoms with Gasteiger partial charge in [-0.05, 0) is 39.0 Å². The average Bonchev–Trinajstić information content (AvgIpc) is 2.45. The minimum Gasteiger partial charge on any atom is -0.480 e. The number of nitrogens with zero attached hydrogens (tertiary/aromatic N) is 1. The molecule has 150 valence electrons. The summed E-state index contributed by atoms with van der Waals surface area (Å²) in [7, 11) is -4.12. The van der Waals surface area contributed by atoms with Crippen LogP contribution >= 0.6 is 0 Å². The predicted molar refractivity (Wildman–Crippen MR) is 91.8 cm³/mol. The molecule has 0 fully saturated rings. The van der Waals surface area contributed by atoms with Crippen LogP contribution in [0.5, 0.6) is 0 Å². The molecule has 0 atom stereocenters. The van der Waals surface area contributed by atoms with Crippen molar-refractivity contribution in [1.82, 2.24) is 4.90 Å². The molecule has 27 heavy (non-hydrogen) atoms. The monoisotopic (exact) mass is 405 g/mol. The Balaban J connectivity index is 2.90. The smallest absolute Gasteiger partial charge is 0.411 e. The number of carbonyl (C=O) groups is 3. The second kappa shape index (κ2) is 8.31. The molecule has 4 N–H and O–H groups in total. The summed E-state index contributed by atoms with van der Waals surface area (Å²) in [6.07, 6.45) is -1.04.